The first kappa shape index (κ1) is 23.0. The third-order valence-corrected chi connectivity index (χ3v) is 7.71. The van der Waals surface area contributed by atoms with Gasteiger partial charge < -0.3 is 21.3 Å². The lowest BCUT2D eigenvalue weighted by molar-refractivity contribution is 0.0664. The summed E-state index contributed by atoms with van der Waals surface area (Å²) >= 11 is 6.37. The van der Waals surface area contributed by atoms with Crippen LogP contribution in [0, 0.1) is 12.3 Å². The smallest absolute Gasteiger partial charge is 0.340 e. The maximum Gasteiger partial charge on any atom is 0.340 e. The van der Waals surface area contributed by atoms with Crippen LogP contribution in [0.15, 0.2) is 48.7 Å². The van der Waals surface area contributed by atoms with Crippen molar-refractivity contribution in [2.75, 3.05) is 35.3 Å². The third kappa shape index (κ3) is 4.74. The number of benzene rings is 2. The highest BCUT2D eigenvalue weighted by atomic mass is 35.5. The van der Waals surface area contributed by atoms with Gasteiger partial charge in [0.25, 0.3) is 0 Å². The highest BCUT2D eigenvalue weighted by molar-refractivity contribution is 7.42. The summed E-state index contributed by atoms with van der Waals surface area (Å²) < 4.78 is 11.8. The summed E-state index contributed by atoms with van der Waals surface area (Å²) in [4.78, 5) is 11.4. The predicted molar refractivity (Wildman–Crippen MR) is 140 cm³/mol. The van der Waals surface area contributed by atoms with Gasteiger partial charge in [0.05, 0.1) is 6.20 Å². The predicted octanol–water partition coefficient (Wildman–Crippen LogP) is 5.81. The van der Waals surface area contributed by atoms with Gasteiger partial charge in [-0.2, -0.15) is 4.98 Å². The Hall–Kier alpha value is -2.73. The normalized spacial score (nSPS) is 17.2. The molecule has 2 fully saturated rings. The Morgan fingerprint density at radius 3 is 2.68 bits per heavy atom. The summed E-state index contributed by atoms with van der Waals surface area (Å²) in [6.07, 6.45) is 4.36. The van der Waals surface area contributed by atoms with Crippen LogP contribution < -0.4 is 21.3 Å². The van der Waals surface area contributed by atoms with Gasteiger partial charge in [0.1, 0.15) is 11.7 Å². The molecule has 0 amide bonds. The number of nitrogens with one attached hydrogen (secondary N) is 2. The van der Waals surface area contributed by atoms with E-state index >= 15 is 0 Å². The van der Waals surface area contributed by atoms with Crippen LogP contribution in [0.5, 0.6) is 0 Å². The molecule has 1 saturated carbocycles. The number of aryl methyl sites for hydroxylation is 1. The zero-order chi connectivity index (χ0) is 23.9. The first-order valence-corrected chi connectivity index (χ1v) is 13.7. The van der Waals surface area contributed by atoms with Crippen molar-refractivity contribution >= 4 is 48.2 Å². The molecule has 1 spiro atoms. The quantitative estimate of drug-likeness (QED) is 0.356. The Labute approximate surface area is 205 Å². The van der Waals surface area contributed by atoms with Gasteiger partial charge in [0, 0.05) is 47.2 Å². The molecule has 3 aromatic rings. The largest absolute Gasteiger partial charge is 0.370 e. The number of rotatable bonds is 7. The van der Waals surface area contributed by atoms with Crippen LogP contribution in [0.25, 0.3) is 0 Å². The van der Waals surface area contributed by atoms with E-state index in [0.717, 1.165) is 42.9 Å². The minimum Gasteiger partial charge on any atom is -0.370 e. The number of para-hydroxylation sites is 1. The van der Waals surface area contributed by atoms with Crippen LogP contribution in [-0.4, -0.2) is 35.8 Å². The molecule has 1 unspecified atom stereocenters. The zero-order valence-corrected chi connectivity index (χ0v) is 21.0. The highest BCUT2D eigenvalue weighted by Gasteiger charge is 2.51. The zero-order valence-electron chi connectivity index (χ0n) is 19.4. The number of aromatic nitrogens is 2. The number of hydrogen-bond acceptors (Lipinski definition) is 7. The molecule has 1 aliphatic carbocycles. The molecule has 176 valence electrons. The van der Waals surface area contributed by atoms with Crippen molar-refractivity contribution in [3.63, 3.8) is 0 Å². The van der Waals surface area contributed by atoms with Crippen LogP contribution in [0.2, 0.25) is 5.02 Å². The summed E-state index contributed by atoms with van der Waals surface area (Å²) in [5.74, 6) is 0.945. The first-order chi connectivity index (χ1) is 16.3. The Morgan fingerprint density at radius 1 is 1.21 bits per heavy atom. The number of nitrogens with zero attached hydrogens (tertiary/aromatic N) is 3. The highest BCUT2D eigenvalue weighted by Crippen LogP contribution is 2.49. The van der Waals surface area contributed by atoms with E-state index in [-0.39, 0.29) is 0 Å². The third-order valence-electron chi connectivity index (χ3n) is 6.64. The minimum absolute atomic E-state index is 0.387. The molecule has 2 heterocycles. The molecule has 0 bridgehead atoms. The van der Waals surface area contributed by atoms with Crippen molar-refractivity contribution in [1.82, 2.24) is 9.97 Å². The second-order valence-electron chi connectivity index (χ2n) is 9.61. The number of halogens is 1. The lowest BCUT2D eigenvalue weighted by Crippen LogP contribution is -2.65. The minimum atomic E-state index is -1.31. The molecule has 4 N–H and O–H groups in total. The molecular formula is C25H29ClN6OP+. The van der Waals surface area contributed by atoms with Crippen molar-refractivity contribution in [3.8, 4) is 0 Å². The lowest BCUT2D eigenvalue weighted by Gasteiger charge is -2.59. The van der Waals surface area contributed by atoms with Crippen molar-refractivity contribution in [1.29, 1.82) is 0 Å². The average molecular weight is 496 g/mol. The second kappa shape index (κ2) is 9.14. The first-order valence-electron chi connectivity index (χ1n) is 11.4. The molecule has 9 heteroatoms. The summed E-state index contributed by atoms with van der Waals surface area (Å²) in [5, 5.41) is 6.98. The van der Waals surface area contributed by atoms with Gasteiger partial charge >= 0.3 is 7.80 Å². The maximum absolute atomic E-state index is 11.8. The van der Waals surface area contributed by atoms with E-state index in [1.54, 1.807) is 12.9 Å². The van der Waals surface area contributed by atoms with E-state index in [2.05, 4.69) is 50.6 Å². The molecule has 7 nitrogen and oxygen atoms in total. The summed E-state index contributed by atoms with van der Waals surface area (Å²) in [6.45, 7) is 6.04. The van der Waals surface area contributed by atoms with Crippen LogP contribution in [-0.2, 0) is 10.7 Å². The van der Waals surface area contributed by atoms with E-state index in [1.807, 2.05) is 24.3 Å². The monoisotopic (exact) mass is 495 g/mol. The van der Waals surface area contributed by atoms with Gasteiger partial charge in [0.2, 0.25) is 5.95 Å². The molecule has 2 aliphatic rings. The molecular weight excluding hydrogens is 467 g/mol. The molecule has 0 radical (unpaired) electrons. The summed E-state index contributed by atoms with van der Waals surface area (Å²) in [6, 6.07) is 14.4. The van der Waals surface area contributed by atoms with Gasteiger partial charge in [-0.3, -0.25) is 0 Å². The number of hydrogen-bond donors (Lipinski definition) is 3. The topological polar surface area (TPSA) is 96.2 Å². The van der Waals surface area contributed by atoms with Crippen molar-refractivity contribution < 1.29 is 4.57 Å². The molecule has 5 rings (SSSR count). The molecule has 1 aliphatic heterocycles. The van der Waals surface area contributed by atoms with Crippen LogP contribution >= 0.6 is 19.4 Å². The SMILES string of the molecule is Cc1cc(Nc2ncc(Cl)c(Nc3ccccc3C[P+](C)=O)n2)ccc1N1CC2(CC(N)C2)C1. The fourth-order valence-corrected chi connectivity index (χ4v) is 6.02. The molecule has 34 heavy (non-hydrogen) atoms. The Morgan fingerprint density at radius 2 is 1.97 bits per heavy atom. The fourth-order valence-electron chi connectivity index (χ4n) is 5.12. The van der Waals surface area contributed by atoms with Gasteiger partial charge in [-0.05, 0) is 49.6 Å². The van der Waals surface area contributed by atoms with Gasteiger partial charge in [-0.15, -0.1) is 0 Å². The standard InChI is InChI=1S/C25H29ClN6OP/c1-16-9-19(7-8-22(16)32-14-25(15-32)10-18(27)11-25)29-24-28-12-20(26)23(31-24)30-21-6-4-3-5-17(21)13-34(2)33/h3-9,12,18H,10-11,13-15,27H2,1-2H3,(H2,28,29,30,31)/q+1. The van der Waals surface area contributed by atoms with Crippen molar-refractivity contribution in [2.45, 2.75) is 32.0 Å². The van der Waals surface area contributed by atoms with E-state index in [1.165, 1.54) is 11.3 Å². The van der Waals surface area contributed by atoms with E-state index in [4.69, 9.17) is 17.3 Å². The number of nitrogens with two attached hydrogens (primary N) is 1. The van der Waals surface area contributed by atoms with Crippen LogP contribution in [0.3, 0.4) is 0 Å². The molecule has 1 saturated heterocycles. The molecule has 1 aromatic heterocycles. The number of anilines is 5. The van der Waals surface area contributed by atoms with E-state index in [9.17, 15) is 4.57 Å². The summed E-state index contributed by atoms with van der Waals surface area (Å²) in [5.41, 5.74) is 11.6. The van der Waals surface area contributed by atoms with E-state index < -0.39 is 7.80 Å². The van der Waals surface area contributed by atoms with E-state index in [0.29, 0.717) is 34.4 Å². The Balaban J connectivity index is 1.29. The van der Waals surface area contributed by atoms with Crippen LogP contribution in [0.4, 0.5) is 28.8 Å². The Bertz CT molecular complexity index is 1240. The Kier molecular flexibility index (Phi) is 6.19. The molecule has 2 aromatic carbocycles. The van der Waals surface area contributed by atoms with Gasteiger partial charge in [-0.1, -0.05) is 34.4 Å². The van der Waals surface area contributed by atoms with Gasteiger partial charge in [-0.25, -0.2) is 4.98 Å². The molecule has 1 atom stereocenters. The fraction of sp³-hybridized carbons (Fsp3) is 0.360. The lowest BCUT2D eigenvalue weighted by atomic mass is 9.61. The maximum atomic E-state index is 11.8. The van der Waals surface area contributed by atoms with Gasteiger partial charge in [0.15, 0.2) is 12.0 Å². The van der Waals surface area contributed by atoms with Crippen molar-refractivity contribution in [3.05, 3.63) is 64.8 Å². The summed E-state index contributed by atoms with van der Waals surface area (Å²) in [7, 11) is -1.31. The second-order valence-corrected chi connectivity index (χ2v) is 11.6. The van der Waals surface area contributed by atoms with Crippen LogP contribution in [0.1, 0.15) is 24.0 Å². The van der Waals surface area contributed by atoms with Crippen molar-refractivity contribution in [2.24, 2.45) is 11.1 Å². The average Bonchev–Trinajstić information content (AvgIpc) is 2.74.